The minimum atomic E-state index is -3.62. The van der Waals surface area contributed by atoms with Crippen LogP contribution in [0.5, 0.6) is 0 Å². The molecule has 0 saturated carbocycles. The standard InChI is InChI=1S/C16H26N4O4S/c1-12-15(25(22,23)18(2)3)10-14(24-12)16(21)20-7-4-13(11-20)19-8-5-17-6-9-19/h10,13,17H,4-9,11H2,1-3H3. The van der Waals surface area contributed by atoms with Gasteiger partial charge in [-0.25, -0.2) is 12.7 Å². The Balaban J connectivity index is 1.72. The number of sulfonamides is 1. The summed E-state index contributed by atoms with van der Waals surface area (Å²) in [6, 6.07) is 1.72. The molecule has 0 aliphatic carbocycles. The minimum absolute atomic E-state index is 0.0544. The summed E-state index contributed by atoms with van der Waals surface area (Å²) in [7, 11) is -0.698. The second-order valence-electron chi connectivity index (χ2n) is 6.80. The van der Waals surface area contributed by atoms with Crippen LogP contribution in [0.25, 0.3) is 0 Å². The number of rotatable bonds is 4. The van der Waals surface area contributed by atoms with Crippen molar-refractivity contribution in [3.63, 3.8) is 0 Å². The van der Waals surface area contributed by atoms with Gasteiger partial charge in [-0.2, -0.15) is 0 Å². The Bertz CT molecular complexity index is 737. The molecule has 2 aliphatic rings. The lowest BCUT2D eigenvalue weighted by atomic mass is 10.2. The van der Waals surface area contributed by atoms with Crippen molar-refractivity contribution in [2.24, 2.45) is 0 Å². The molecular formula is C16H26N4O4S. The molecule has 2 fully saturated rings. The lowest BCUT2D eigenvalue weighted by molar-refractivity contribution is 0.0741. The molecule has 0 radical (unpaired) electrons. The van der Waals surface area contributed by atoms with Gasteiger partial charge in [-0.05, 0) is 13.3 Å². The Kier molecular flexibility index (Phi) is 5.19. The van der Waals surface area contributed by atoms with Crippen molar-refractivity contribution in [3.8, 4) is 0 Å². The average molecular weight is 370 g/mol. The number of hydrogen-bond donors (Lipinski definition) is 1. The van der Waals surface area contributed by atoms with Crippen molar-refractivity contribution in [2.45, 2.75) is 24.3 Å². The first-order valence-corrected chi connectivity index (χ1v) is 10.0. The first-order chi connectivity index (χ1) is 11.8. The van der Waals surface area contributed by atoms with Gasteiger partial charge < -0.3 is 14.6 Å². The number of carbonyl (C=O) groups is 1. The van der Waals surface area contributed by atoms with E-state index in [9.17, 15) is 13.2 Å². The Morgan fingerprint density at radius 3 is 2.60 bits per heavy atom. The van der Waals surface area contributed by atoms with Crippen molar-refractivity contribution in [3.05, 3.63) is 17.6 Å². The molecule has 3 rings (SSSR count). The molecule has 1 unspecified atom stereocenters. The predicted molar refractivity (Wildman–Crippen MR) is 93.1 cm³/mol. The van der Waals surface area contributed by atoms with E-state index in [2.05, 4.69) is 10.2 Å². The molecule has 1 aromatic rings. The van der Waals surface area contributed by atoms with Crippen molar-refractivity contribution in [2.75, 3.05) is 53.4 Å². The molecular weight excluding hydrogens is 344 g/mol. The van der Waals surface area contributed by atoms with E-state index >= 15 is 0 Å². The van der Waals surface area contributed by atoms with Crippen molar-refractivity contribution in [1.29, 1.82) is 0 Å². The number of hydrogen-bond acceptors (Lipinski definition) is 6. The van der Waals surface area contributed by atoms with E-state index in [1.807, 2.05) is 0 Å². The van der Waals surface area contributed by atoms with Crippen LogP contribution < -0.4 is 5.32 Å². The van der Waals surface area contributed by atoms with Gasteiger partial charge in [0.1, 0.15) is 10.7 Å². The predicted octanol–water partition coefficient (Wildman–Crippen LogP) is -0.0420. The number of amides is 1. The van der Waals surface area contributed by atoms with Crippen molar-refractivity contribution >= 4 is 15.9 Å². The molecule has 140 valence electrons. The van der Waals surface area contributed by atoms with Crippen molar-refractivity contribution in [1.82, 2.24) is 19.4 Å². The minimum Gasteiger partial charge on any atom is -0.455 e. The first kappa shape index (κ1) is 18.4. The van der Waals surface area contributed by atoms with Crippen LogP contribution in [0.15, 0.2) is 15.4 Å². The third-order valence-electron chi connectivity index (χ3n) is 4.96. The summed E-state index contributed by atoms with van der Waals surface area (Å²) < 4.78 is 31.2. The molecule has 1 atom stereocenters. The fraction of sp³-hybridized carbons (Fsp3) is 0.688. The number of carbonyl (C=O) groups excluding carboxylic acids is 1. The topological polar surface area (TPSA) is 86.1 Å². The van der Waals surface area contributed by atoms with E-state index in [-0.39, 0.29) is 22.3 Å². The van der Waals surface area contributed by atoms with Crippen LogP contribution in [-0.4, -0.2) is 87.8 Å². The summed E-state index contributed by atoms with van der Waals surface area (Å²) >= 11 is 0. The molecule has 0 aromatic carbocycles. The molecule has 25 heavy (non-hydrogen) atoms. The largest absolute Gasteiger partial charge is 0.455 e. The van der Waals surface area contributed by atoms with Gasteiger partial charge in [-0.3, -0.25) is 9.69 Å². The van der Waals surface area contributed by atoms with Gasteiger partial charge in [0.25, 0.3) is 5.91 Å². The number of nitrogens with one attached hydrogen (secondary N) is 1. The quantitative estimate of drug-likeness (QED) is 0.800. The second kappa shape index (κ2) is 7.06. The highest BCUT2D eigenvalue weighted by Crippen LogP contribution is 2.25. The van der Waals surface area contributed by atoms with Crippen LogP contribution in [0.1, 0.15) is 22.7 Å². The fourth-order valence-corrected chi connectivity index (χ4v) is 4.51. The SMILES string of the molecule is Cc1oc(C(=O)N2CCC(N3CCNCC3)C2)cc1S(=O)(=O)N(C)C. The number of likely N-dealkylation sites (tertiary alicyclic amines) is 1. The van der Waals surface area contributed by atoms with Gasteiger partial charge in [0.15, 0.2) is 5.76 Å². The molecule has 0 bridgehead atoms. The van der Waals surface area contributed by atoms with Crippen LogP contribution in [0.2, 0.25) is 0 Å². The lowest BCUT2D eigenvalue weighted by Gasteiger charge is -2.32. The summed E-state index contributed by atoms with van der Waals surface area (Å²) in [6.45, 7) is 6.86. The molecule has 1 N–H and O–H groups in total. The van der Waals surface area contributed by atoms with Gasteiger partial charge in [0.05, 0.1) is 0 Å². The highest BCUT2D eigenvalue weighted by atomic mass is 32.2. The normalized spacial score (nSPS) is 22.7. The first-order valence-electron chi connectivity index (χ1n) is 8.57. The monoisotopic (exact) mass is 370 g/mol. The molecule has 1 aromatic heterocycles. The van der Waals surface area contributed by atoms with E-state index in [0.717, 1.165) is 36.9 Å². The van der Waals surface area contributed by atoms with Gasteiger partial charge in [0, 0.05) is 65.5 Å². The molecule has 3 heterocycles. The van der Waals surface area contributed by atoms with Crippen LogP contribution in [-0.2, 0) is 10.0 Å². The highest BCUT2D eigenvalue weighted by molar-refractivity contribution is 7.89. The summed E-state index contributed by atoms with van der Waals surface area (Å²) in [5.41, 5.74) is 0. The summed E-state index contributed by atoms with van der Waals surface area (Å²) in [5.74, 6) is 0.106. The maximum absolute atomic E-state index is 12.7. The number of furan rings is 1. The molecule has 9 heteroatoms. The Morgan fingerprint density at radius 1 is 1.28 bits per heavy atom. The van der Waals surface area contributed by atoms with E-state index in [4.69, 9.17) is 4.42 Å². The number of nitrogens with zero attached hydrogens (tertiary/aromatic N) is 3. The van der Waals surface area contributed by atoms with Crippen LogP contribution in [0.3, 0.4) is 0 Å². The van der Waals surface area contributed by atoms with E-state index in [0.29, 0.717) is 19.1 Å². The Hall–Kier alpha value is -1.42. The van der Waals surface area contributed by atoms with Gasteiger partial charge in [-0.15, -0.1) is 0 Å². The smallest absolute Gasteiger partial charge is 0.289 e. The zero-order valence-corrected chi connectivity index (χ0v) is 15.8. The zero-order chi connectivity index (χ0) is 18.2. The highest BCUT2D eigenvalue weighted by Gasteiger charge is 2.34. The zero-order valence-electron chi connectivity index (χ0n) is 15.0. The van der Waals surface area contributed by atoms with Crippen LogP contribution >= 0.6 is 0 Å². The average Bonchev–Trinajstić information content (AvgIpc) is 3.22. The maximum atomic E-state index is 12.7. The van der Waals surface area contributed by atoms with Crippen molar-refractivity contribution < 1.29 is 17.6 Å². The van der Waals surface area contributed by atoms with Crippen LogP contribution in [0, 0.1) is 6.92 Å². The maximum Gasteiger partial charge on any atom is 0.289 e. The number of aryl methyl sites for hydroxylation is 1. The van der Waals surface area contributed by atoms with E-state index in [1.54, 1.807) is 11.8 Å². The van der Waals surface area contributed by atoms with E-state index in [1.165, 1.54) is 20.2 Å². The molecule has 2 aliphatic heterocycles. The molecule has 1 amide bonds. The van der Waals surface area contributed by atoms with E-state index < -0.39 is 10.0 Å². The summed E-state index contributed by atoms with van der Waals surface area (Å²) in [5, 5.41) is 3.33. The Morgan fingerprint density at radius 2 is 1.96 bits per heavy atom. The number of piperazine rings is 1. The fourth-order valence-electron chi connectivity index (χ4n) is 3.45. The second-order valence-corrected chi connectivity index (χ2v) is 8.92. The third kappa shape index (κ3) is 3.59. The molecule has 0 spiro atoms. The van der Waals surface area contributed by atoms with Gasteiger partial charge in [0.2, 0.25) is 10.0 Å². The summed E-state index contributed by atoms with van der Waals surface area (Å²) in [6.07, 6.45) is 0.939. The molecule has 8 nitrogen and oxygen atoms in total. The third-order valence-corrected chi connectivity index (χ3v) is 6.88. The van der Waals surface area contributed by atoms with Gasteiger partial charge in [-0.1, -0.05) is 0 Å². The lowest BCUT2D eigenvalue weighted by Crippen LogP contribution is -2.49. The van der Waals surface area contributed by atoms with Crippen LogP contribution in [0.4, 0.5) is 0 Å². The Labute approximate surface area is 148 Å². The molecule has 2 saturated heterocycles. The summed E-state index contributed by atoms with van der Waals surface area (Å²) in [4.78, 5) is 17.0. The van der Waals surface area contributed by atoms with Gasteiger partial charge >= 0.3 is 0 Å².